The van der Waals surface area contributed by atoms with E-state index in [1.165, 1.54) is 12.8 Å². The van der Waals surface area contributed by atoms with Crippen LogP contribution in [0.5, 0.6) is 0 Å². The van der Waals surface area contributed by atoms with E-state index >= 15 is 0 Å². The van der Waals surface area contributed by atoms with Crippen molar-refractivity contribution in [1.82, 2.24) is 25.4 Å². The van der Waals surface area contributed by atoms with Crippen LogP contribution in [0.2, 0.25) is 0 Å². The molecule has 3 rings (SSSR count). The monoisotopic (exact) mass is 277 g/mol. The molecule has 1 aliphatic heterocycles. The van der Waals surface area contributed by atoms with Crippen molar-refractivity contribution in [3.8, 4) is 0 Å². The molecule has 2 N–H and O–H groups in total. The molecule has 0 aromatic carbocycles. The molecule has 1 amide bonds. The van der Waals surface area contributed by atoms with Gasteiger partial charge in [0.25, 0.3) is 5.91 Å². The molecule has 1 saturated carbocycles. The topological polar surface area (TPSA) is 73.9 Å². The molecule has 0 radical (unpaired) electrons. The molecule has 0 spiro atoms. The number of carbonyl (C=O) groups is 1. The number of rotatable bonds is 5. The Hall–Kier alpha value is -1.43. The second kappa shape index (κ2) is 5.91. The number of nitrogens with zero attached hydrogens (tertiary/aromatic N) is 3. The van der Waals surface area contributed by atoms with Crippen LogP contribution < -0.4 is 5.32 Å². The number of H-pyrrole nitrogens is 1. The Balaban J connectivity index is 1.62. The minimum Gasteiger partial charge on any atom is -0.336 e. The summed E-state index contributed by atoms with van der Waals surface area (Å²) >= 11 is 0. The van der Waals surface area contributed by atoms with E-state index in [0.29, 0.717) is 24.2 Å². The van der Waals surface area contributed by atoms with Gasteiger partial charge in [-0.3, -0.25) is 9.89 Å². The van der Waals surface area contributed by atoms with Crippen LogP contribution >= 0.6 is 0 Å². The molecular formula is C14H23N5O. The van der Waals surface area contributed by atoms with Gasteiger partial charge in [0, 0.05) is 19.0 Å². The zero-order chi connectivity index (χ0) is 13.9. The van der Waals surface area contributed by atoms with Crippen molar-refractivity contribution < 1.29 is 4.79 Å². The molecule has 6 heteroatoms. The lowest BCUT2D eigenvalue weighted by atomic mass is 9.99. The Morgan fingerprint density at radius 1 is 1.40 bits per heavy atom. The number of aromatic nitrogens is 3. The third-order valence-electron chi connectivity index (χ3n) is 4.20. The number of amides is 1. The number of hydrogen-bond donors (Lipinski definition) is 2. The Labute approximate surface area is 119 Å². The van der Waals surface area contributed by atoms with E-state index < -0.39 is 0 Å². The lowest BCUT2D eigenvalue weighted by Crippen LogP contribution is -2.41. The summed E-state index contributed by atoms with van der Waals surface area (Å²) in [4.78, 5) is 18.7. The van der Waals surface area contributed by atoms with Gasteiger partial charge in [-0.15, -0.1) is 5.10 Å². The average molecular weight is 277 g/mol. The maximum atomic E-state index is 12.5. The van der Waals surface area contributed by atoms with Crippen molar-refractivity contribution in [3.05, 3.63) is 11.6 Å². The van der Waals surface area contributed by atoms with Gasteiger partial charge in [-0.2, -0.15) is 0 Å². The van der Waals surface area contributed by atoms with Crippen LogP contribution in [0.25, 0.3) is 0 Å². The molecule has 1 aromatic rings. The smallest absolute Gasteiger partial charge is 0.293 e. The first kappa shape index (κ1) is 13.5. The molecule has 2 fully saturated rings. The fourth-order valence-corrected chi connectivity index (χ4v) is 2.80. The van der Waals surface area contributed by atoms with Crippen LogP contribution in [0, 0.1) is 5.92 Å². The van der Waals surface area contributed by atoms with E-state index in [0.717, 1.165) is 38.3 Å². The van der Waals surface area contributed by atoms with Gasteiger partial charge >= 0.3 is 0 Å². The third-order valence-corrected chi connectivity index (χ3v) is 4.20. The van der Waals surface area contributed by atoms with Gasteiger partial charge in [0.1, 0.15) is 5.82 Å². The first-order chi connectivity index (χ1) is 9.78. The zero-order valence-electron chi connectivity index (χ0n) is 12.1. The van der Waals surface area contributed by atoms with Gasteiger partial charge in [-0.25, -0.2) is 4.98 Å². The van der Waals surface area contributed by atoms with Crippen LogP contribution in [-0.4, -0.2) is 52.2 Å². The summed E-state index contributed by atoms with van der Waals surface area (Å²) in [6, 6.07) is 0. The zero-order valence-corrected chi connectivity index (χ0v) is 12.1. The van der Waals surface area contributed by atoms with E-state index in [-0.39, 0.29) is 5.91 Å². The van der Waals surface area contributed by atoms with Crippen molar-refractivity contribution in [3.63, 3.8) is 0 Å². The van der Waals surface area contributed by atoms with Gasteiger partial charge in [-0.05, 0) is 51.6 Å². The maximum Gasteiger partial charge on any atom is 0.293 e. The summed E-state index contributed by atoms with van der Waals surface area (Å²) in [6.07, 6.45) is 4.71. The van der Waals surface area contributed by atoms with Gasteiger partial charge in [0.05, 0.1) is 0 Å². The molecule has 1 aromatic heterocycles. The second-order valence-corrected chi connectivity index (χ2v) is 5.87. The Kier molecular flexibility index (Phi) is 4.00. The summed E-state index contributed by atoms with van der Waals surface area (Å²) in [7, 11) is 0. The van der Waals surface area contributed by atoms with Crippen LogP contribution in [0.15, 0.2) is 0 Å². The van der Waals surface area contributed by atoms with Gasteiger partial charge in [0.15, 0.2) is 0 Å². The fraction of sp³-hybridized carbons (Fsp3) is 0.786. The molecule has 2 heterocycles. The second-order valence-electron chi connectivity index (χ2n) is 5.87. The molecule has 2 aliphatic rings. The van der Waals surface area contributed by atoms with Gasteiger partial charge < -0.3 is 10.2 Å². The van der Waals surface area contributed by atoms with Crippen LogP contribution in [-0.2, 0) is 0 Å². The van der Waals surface area contributed by atoms with E-state index in [1.54, 1.807) is 0 Å². The van der Waals surface area contributed by atoms with Crippen molar-refractivity contribution in [2.45, 2.75) is 38.5 Å². The summed E-state index contributed by atoms with van der Waals surface area (Å²) in [5.74, 6) is 2.22. The highest BCUT2D eigenvalue weighted by Gasteiger charge is 2.29. The highest BCUT2D eigenvalue weighted by Crippen LogP contribution is 2.37. The molecule has 1 unspecified atom stereocenters. The first-order valence-corrected chi connectivity index (χ1v) is 7.70. The quantitative estimate of drug-likeness (QED) is 0.846. The Morgan fingerprint density at radius 2 is 2.25 bits per heavy atom. The van der Waals surface area contributed by atoms with Crippen molar-refractivity contribution in [2.24, 2.45) is 5.92 Å². The molecule has 110 valence electrons. The van der Waals surface area contributed by atoms with E-state index in [2.05, 4.69) is 20.5 Å². The standard InChI is InChI=1S/C14H23N5O/c1-2-19(9-10-4-3-7-15-8-10)14(20)13-16-12(17-18-13)11-5-6-11/h10-11,15H,2-9H2,1H3,(H,16,17,18). The number of nitrogens with one attached hydrogen (secondary N) is 2. The Morgan fingerprint density at radius 3 is 2.90 bits per heavy atom. The molecule has 0 bridgehead atoms. The highest BCUT2D eigenvalue weighted by molar-refractivity contribution is 5.90. The van der Waals surface area contributed by atoms with Crippen molar-refractivity contribution in [2.75, 3.05) is 26.2 Å². The predicted molar refractivity (Wildman–Crippen MR) is 75.5 cm³/mol. The predicted octanol–water partition coefficient (Wildman–Crippen LogP) is 1.14. The molecule has 20 heavy (non-hydrogen) atoms. The van der Waals surface area contributed by atoms with E-state index in [9.17, 15) is 4.79 Å². The fourth-order valence-electron chi connectivity index (χ4n) is 2.80. The van der Waals surface area contributed by atoms with Crippen molar-refractivity contribution >= 4 is 5.91 Å². The van der Waals surface area contributed by atoms with Crippen LogP contribution in [0.1, 0.15) is 55.0 Å². The molecule has 1 saturated heterocycles. The average Bonchev–Trinajstić information content (AvgIpc) is 3.22. The first-order valence-electron chi connectivity index (χ1n) is 7.70. The number of aromatic amines is 1. The van der Waals surface area contributed by atoms with Crippen molar-refractivity contribution in [1.29, 1.82) is 0 Å². The Bertz CT molecular complexity index is 462. The molecule has 1 atom stereocenters. The largest absolute Gasteiger partial charge is 0.336 e. The lowest BCUT2D eigenvalue weighted by molar-refractivity contribution is 0.0717. The lowest BCUT2D eigenvalue weighted by Gasteiger charge is -2.28. The summed E-state index contributed by atoms with van der Waals surface area (Å²) in [6.45, 7) is 5.63. The SMILES string of the molecule is CCN(CC1CCCNC1)C(=O)c1n[nH]c(C2CC2)n1. The van der Waals surface area contributed by atoms with E-state index in [1.807, 2.05) is 11.8 Å². The molecule has 1 aliphatic carbocycles. The van der Waals surface area contributed by atoms with E-state index in [4.69, 9.17) is 0 Å². The summed E-state index contributed by atoms with van der Waals surface area (Å²) < 4.78 is 0. The number of hydrogen-bond acceptors (Lipinski definition) is 4. The minimum absolute atomic E-state index is 0.0405. The molecular weight excluding hydrogens is 254 g/mol. The summed E-state index contributed by atoms with van der Waals surface area (Å²) in [5, 5.41) is 10.4. The van der Waals surface area contributed by atoms with Gasteiger partial charge in [-0.1, -0.05) is 0 Å². The third kappa shape index (κ3) is 3.00. The number of carbonyl (C=O) groups excluding carboxylic acids is 1. The number of piperidine rings is 1. The normalized spacial score (nSPS) is 22.8. The van der Waals surface area contributed by atoms with Crippen LogP contribution in [0.4, 0.5) is 0 Å². The maximum absolute atomic E-state index is 12.5. The highest BCUT2D eigenvalue weighted by atomic mass is 16.2. The summed E-state index contributed by atoms with van der Waals surface area (Å²) in [5.41, 5.74) is 0. The minimum atomic E-state index is -0.0405. The van der Waals surface area contributed by atoms with Crippen LogP contribution in [0.3, 0.4) is 0 Å². The molecule has 6 nitrogen and oxygen atoms in total. The van der Waals surface area contributed by atoms with Gasteiger partial charge in [0.2, 0.25) is 5.82 Å².